The van der Waals surface area contributed by atoms with E-state index in [1.54, 1.807) is 0 Å². The monoisotopic (exact) mass is 210 g/mol. The Morgan fingerprint density at radius 1 is 1.67 bits per heavy atom. The van der Waals surface area contributed by atoms with Crippen LogP contribution in [0.2, 0.25) is 0 Å². The van der Waals surface area contributed by atoms with Gasteiger partial charge in [0.25, 0.3) is 0 Å². The third kappa shape index (κ3) is 2.76. The summed E-state index contributed by atoms with van der Waals surface area (Å²) >= 11 is 0. The normalized spacial score (nSPS) is 21.8. The number of aromatic nitrogens is 3. The predicted molar refractivity (Wildman–Crippen MR) is 56.5 cm³/mol. The van der Waals surface area contributed by atoms with Crippen molar-refractivity contribution in [3.63, 3.8) is 0 Å². The van der Waals surface area contributed by atoms with Crippen LogP contribution in [0.3, 0.4) is 0 Å². The second-order valence-corrected chi connectivity index (χ2v) is 3.83. The standard InChI is InChI=1S/C10H18N4O/c1-2-15-8-9-7-14(13-12-9)10-4-3-5-11-6-10/h7,10-11H,2-6,8H2,1H3. The lowest BCUT2D eigenvalue weighted by Gasteiger charge is -2.22. The molecule has 0 aliphatic carbocycles. The minimum atomic E-state index is 0.460. The molecular weight excluding hydrogens is 192 g/mol. The molecule has 1 fully saturated rings. The largest absolute Gasteiger partial charge is 0.375 e. The van der Waals surface area contributed by atoms with Crippen LogP contribution >= 0.6 is 0 Å². The van der Waals surface area contributed by atoms with Gasteiger partial charge in [-0.3, -0.25) is 0 Å². The highest BCUT2D eigenvalue weighted by Gasteiger charge is 2.16. The van der Waals surface area contributed by atoms with Crippen LogP contribution < -0.4 is 5.32 Å². The van der Waals surface area contributed by atoms with Crippen LogP contribution in [0, 0.1) is 0 Å². The van der Waals surface area contributed by atoms with Crippen LogP contribution in [-0.4, -0.2) is 34.7 Å². The summed E-state index contributed by atoms with van der Waals surface area (Å²) in [5.74, 6) is 0. The van der Waals surface area contributed by atoms with Gasteiger partial charge in [0.15, 0.2) is 0 Å². The van der Waals surface area contributed by atoms with Gasteiger partial charge in [0.1, 0.15) is 5.69 Å². The molecule has 0 amide bonds. The second-order valence-electron chi connectivity index (χ2n) is 3.83. The molecule has 1 N–H and O–H groups in total. The van der Waals surface area contributed by atoms with Crippen LogP contribution in [0.4, 0.5) is 0 Å². The van der Waals surface area contributed by atoms with Gasteiger partial charge in [-0.15, -0.1) is 5.10 Å². The van der Waals surface area contributed by atoms with Crippen molar-refractivity contribution in [1.29, 1.82) is 0 Å². The van der Waals surface area contributed by atoms with Gasteiger partial charge in [0.2, 0.25) is 0 Å². The first-order valence-electron chi connectivity index (χ1n) is 5.59. The molecule has 1 aliphatic heterocycles. The fraction of sp³-hybridized carbons (Fsp3) is 0.800. The number of piperidine rings is 1. The highest BCUT2D eigenvalue weighted by atomic mass is 16.5. The minimum absolute atomic E-state index is 0.460. The number of rotatable bonds is 4. The number of hydrogen-bond donors (Lipinski definition) is 1. The van der Waals surface area contributed by atoms with E-state index in [1.165, 1.54) is 12.8 Å². The van der Waals surface area contributed by atoms with Crippen molar-refractivity contribution in [3.05, 3.63) is 11.9 Å². The summed E-state index contributed by atoms with van der Waals surface area (Å²) in [5.41, 5.74) is 0.919. The number of nitrogens with zero attached hydrogens (tertiary/aromatic N) is 3. The number of hydrogen-bond acceptors (Lipinski definition) is 4. The van der Waals surface area contributed by atoms with Crippen molar-refractivity contribution in [3.8, 4) is 0 Å². The smallest absolute Gasteiger partial charge is 0.108 e. The molecule has 1 aromatic heterocycles. The van der Waals surface area contributed by atoms with Crippen LogP contribution in [0.25, 0.3) is 0 Å². The molecule has 0 saturated carbocycles. The molecule has 2 rings (SSSR count). The molecule has 0 radical (unpaired) electrons. The van der Waals surface area contributed by atoms with E-state index >= 15 is 0 Å². The lowest BCUT2D eigenvalue weighted by Crippen LogP contribution is -2.31. The molecule has 0 bridgehead atoms. The lowest BCUT2D eigenvalue weighted by molar-refractivity contribution is 0.131. The Morgan fingerprint density at radius 2 is 2.60 bits per heavy atom. The van der Waals surface area contributed by atoms with Crippen molar-refractivity contribution in [1.82, 2.24) is 20.3 Å². The Kier molecular flexibility index (Phi) is 3.69. The average Bonchev–Trinajstić information content (AvgIpc) is 2.76. The Balaban J connectivity index is 1.93. The molecule has 15 heavy (non-hydrogen) atoms. The maximum Gasteiger partial charge on any atom is 0.108 e. The highest BCUT2D eigenvalue weighted by molar-refractivity contribution is 4.92. The predicted octanol–water partition coefficient (Wildman–Crippen LogP) is 0.739. The van der Waals surface area contributed by atoms with E-state index in [2.05, 4.69) is 15.6 Å². The maximum atomic E-state index is 5.29. The fourth-order valence-electron chi connectivity index (χ4n) is 1.82. The van der Waals surface area contributed by atoms with Gasteiger partial charge in [-0.25, -0.2) is 4.68 Å². The Bertz CT molecular complexity index is 293. The van der Waals surface area contributed by atoms with E-state index in [0.717, 1.165) is 25.4 Å². The average molecular weight is 210 g/mol. The summed E-state index contributed by atoms with van der Waals surface area (Å²) in [5, 5.41) is 11.6. The molecule has 0 spiro atoms. The van der Waals surface area contributed by atoms with Gasteiger partial charge in [-0.05, 0) is 26.3 Å². The third-order valence-electron chi connectivity index (χ3n) is 2.66. The number of nitrogens with one attached hydrogen (secondary N) is 1. The summed E-state index contributed by atoms with van der Waals surface area (Å²) in [6, 6.07) is 0.460. The molecule has 1 aliphatic rings. The molecule has 1 unspecified atom stereocenters. The molecular formula is C10H18N4O. The molecule has 1 saturated heterocycles. The zero-order valence-corrected chi connectivity index (χ0v) is 9.15. The minimum Gasteiger partial charge on any atom is -0.375 e. The second kappa shape index (κ2) is 5.23. The molecule has 1 aromatic rings. The van der Waals surface area contributed by atoms with Crippen molar-refractivity contribution >= 4 is 0 Å². The molecule has 2 heterocycles. The topological polar surface area (TPSA) is 52.0 Å². The van der Waals surface area contributed by atoms with Crippen molar-refractivity contribution in [2.45, 2.75) is 32.4 Å². The Labute approximate surface area is 89.8 Å². The van der Waals surface area contributed by atoms with Gasteiger partial charge < -0.3 is 10.1 Å². The SMILES string of the molecule is CCOCc1cn(C2CCCNC2)nn1. The van der Waals surface area contributed by atoms with Gasteiger partial charge in [0.05, 0.1) is 18.8 Å². The highest BCUT2D eigenvalue weighted by Crippen LogP contribution is 2.15. The molecule has 0 aromatic carbocycles. The van der Waals surface area contributed by atoms with E-state index in [9.17, 15) is 0 Å². The summed E-state index contributed by atoms with van der Waals surface area (Å²) in [6.07, 6.45) is 4.39. The van der Waals surface area contributed by atoms with Gasteiger partial charge >= 0.3 is 0 Å². The van der Waals surface area contributed by atoms with Crippen LogP contribution in [0.5, 0.6) is 0 Å². The fourth-order valence-corrected chi connectivity index (χ4v) is 1.82. The van der Waals surface area contributed by atoms with Crippen molar-refractivity contribution < 1.29 is 4.74 Å². The van der Waals surface area contributed by atoms with Crippen LogP contribution in [0.1, 0.15) is 31.5 Å². The Morgan fingerprint density at radius 3 is 3.33 bits per heavy atom. The molecule has 1 atom stereocenters. The maximum absolute atomic E-state index is 5.29. The van der Waals surface area contributed by atoms with Crippen molar-refractivity contribution in [2.24, 2.45) is 0 Å². The first-order valence-corrected chi connectivity index (χ1v) is 5.59. The van der Waals surface area contributed by atoms with E-state index < -0.39 is 0 Å². The van der Waals surface area contributed by atoms with Gasteiger partial charge in [0, 0.05) is 13.2 Å². The number of ether oxygens (including phenoxy) is 1. The van der Waals surface area contributed by atoms with Crippen LogP contribution in [0.15, 0.2) is 6.20 Å². The van der Waals surface area contributed by atoms with Gasteiger partial charge in [-0.1, -0.05) is 5.21 Å². The third-order valence-corrected chi connectivity index (χ3v) is 2.66. The lowest BCUT2D eigenvalue weighted by atomic mass is 10.1. The van der Waals surface area contributed by atoms with E-state index in [-0.39, 0.29) is 0 Å². The first kappa shape index (κ1) is 10.6. The van der Waals surface area contributed by atoms with Crippen molar-refractivity contribution in [2.75, 3.05) is 19.7 Å². The summed E-state index contributed by atoms with van der Waals surface area (Å²) in [6.45, 7) is 5.39. The molecule has 84 valence electrons. The Hall–Kier alpha value is -0.940. The van der Waals surface area contributed by atoms with Gasteiger partial charge in [-0.2, -0.15) is 0 Å². The molecule has 5 nitrogen and oxygen atoms in total. The van der Waals surface area contributed by atoms with E-state index in [1.807, 2.05) is 17.8 Å². The molecule has 5 heteroatoms. The first-order chi connectivity index (χ1) is 7.40. The van der Waals surface area contributed by atoms with Crippen LogP contribution in [-0.2, 0) is 11.3 Å². The van der Waals surface area contributed by atoms with E-state index in [0.29, 0.717) is 12.6 Å². The van der Waals surface area contributed by atoms with E-state index in [4.69, 9.17) is 4.74 Å². The summed E-state index contributed by atoms with van der Waals surface area (Å²) < 4.78 is 7.25. The summed E-state index contributed by atoms with van der Waals surface area (Å²) in [4.78, 5) is 0. The summed E-state index contributed by atoms with van der Waals surface area (Å²) in [7, 11) is 0. The quantitative estimate of drug-likeness (QED) is 0.796. The zero-order valence-electron chi connectivity index (χ0n) is 9.15. The zero-order chi connectivity index (χ0) is 10.5.